The molecule has 1 saturated heterocycles. The summed E-state index contributed by atoms with van der Waals surface area (Å²) < 4.78 is 5.38. The minimum Gasteiger partial charge on any atom is -0.378 e. The number of anilines is 3. The van der Waals surface area contributed by atoms with E-state index >= 15 is 0 Å². The summed E-state index contributed by atoms with van der Waals surface area (Å²) in [5, 5.41) is 4.08. The highest BCUT2D eigenvalue weighted by Crippen LogP contribution is 2.24. The fourth-order valence-corrected chi connectivity index (χ4v) is 2.65. The van der Waals surface area contributed by atoms with Gasteiger partial charge in [0.25, 0.3) is 0 Å². The van der Waals surface area contributed by atoms with Gasteiger partial charge in [-0.25, -0.2) is 4.98 Å². The van der Waals surface area contributed by atoms with Crippen LogP contribution in [0.25, 0.3) is 0 Å². The molecular formula is C16H19ClN4O. The van der Waals surface area contributed by atoms with Gasteiger partial charge in [0.15, 0.2) is 0 Å². The smallest absolute Gasteiger partial charge is 0.227 e. The maximum absolute atomic E-state index is 6.00. The first-order valence-corrected chi connectivity index (χ1v) is 7.71. The molecule has 1 fully saturated rings. The normalized spacial score (nSPS) is 15.0. The molecule has 2 aromatic rings. The molecule has 0 bridgehead atoms. The van der Waals surface area contributed by atoms with Gasteiger partial charge in [0.05, 0.1) is 13.2 Å². The van der Waals surface area contributed by atoms with Gasteiger partial charge in [-0.1, -0.05) is 11.6 Å². The monoisotopic (exact) mass is 318 g/mol. The average Bonchev–Trinajstić information content (AvgIpc) is 2.50. The Balaban J connectivity index is 1.85. The highest BCUT2D eigenvalue weighted by atomic mass is 35.5. The topological polar surface area (TPSA) is 50.3 Å². The zero-order valence-electron chi connectivity index (χ0n) is 12.8. The largest absolute Gasteiger partial charge is 0.378 e. The lowest BCUT2D eigenvalue weighted by Gasteiger charge is -2.27. The van der Waals surface area contributed by atoms with E-state index in [-0.39, 0.29) is 0 Å². The molecule has 0 spiro atoms. The molecule has 0 aliphatic carbocycles. The number of nitrogens with one attached hydrogen (secondary N) is 1. The van der Waals surface area contributed by atoms with E-state index in [0.29, 0.717) is 0 Å². The number of nitrogens with zero attached hydrogens (tertiary/aromatic N) is 3. The zero-order chi connectivity index (χ0) is 15.5. The number of ether oxygens (including phenoxy) is 1. The number of aryl methyl sites for hydroxylation is 2. The van der Waals surface area contributed by atoms with Crippen molar-refractivity contribution >= 4 is 29.1 Å². The molecule has 1 aliphatic rings. The lowest BCUT2D eigenvalue weighted by molar-refractivity contribution is 0.122. The molecule has 0 saturated carbocycles. The fourth-order valence-electron chi connectivity index (χ4n) is 2.43. The van der Waals surface area contributed by atoms with Gasteiger partial charge in [-0.15, -0.1) is 0 Å². The van der Waals surface area contributed by atoms with Gasteiger partial charge in [-0.05, 0) is 37.6 Å². The Bertz CT molecular complexity index is 671. The Morgan fingerprint density at radius 2 is 1.91 bits per heavy atom. The van der Waals surface area contributed by atoms with Crippen molar-refractivity contribution in [1.82, 2.24) is 9.97 Å². The summed E-state index contributed by atoms with van der Waals surface area (Å²) in [6.07, 6.45) is 0. The van der Waals surface area contributed by atoms with Gasteiger partial charge in [-0.3, -0.25) is 0 Å². The van der Waals surface area contributed by atoms with Crippen molar-refractivity contribution in [1.29, 1.82) is 0 Å². The molecule has 5 nitrogen and oxygen atoms in total. The number of benzene rings is 1. The van der Waals surface area contributed by atoms with Crippen molar-refractivity contribution in [3.8, 4) is 0 Å². The van der Waals surface area contributed by atoms with Crippen molar-refractivity contribution < 1.29 is 4.74 Å². The third kappa shape index (κ3) is 3.48. The molecule has 0 radical (unpaired) electrons. The predicted octanol–water partition coefficient (Wildman–Crippen LogP) is 3.33. The predicted molar refractivity (Wildman–Crippen MR) is 89.3 cm³/mol. The van der Waals surface area contributed by atoms with Crippen LogP contribution in [0.3, 0.4) is 0 Å². The highest BCUT2D eigenvalue weighted by Gasteiger charge is 2.15. The van der Waals surface area contributed by atoms with Crippen LogP contribution in [-0.2, 0) is 4.74 Å². The van der Waals surface area contributed by atoms with Crippen LogP contribution >= 0.6 is 11.6 Å². The molecule has 6 heteroatoms. The van der Waals surface area contributed by atoms with Crippen LogP contribution < -0.4 is 10.2 Å². The number of hydrogen-bond acceptors (Lipinski definition) is 5. The van der Waals surface area contributed by atoms with Crippen LogP contribution in [0.15, 0.2) is 24.3 Å². The van der Waals surface area contributed by atoms with Crippen LogP contribution in [0.2, 0.25) is 5.02 Å². The number of halogens is 1. The van der Waals surface area contributed by atoms with E-state index in [9.17, 15) is 0 Å². The van der Waals surface area contributed by atoms with Crippen molar-refractivity contribution in [3.05, 3.63) is 40.5 Å². The van der Waals surface area contributed by atoms with E-state index in [2.05, 4.69) is 20.2 Å². The molecule has 0 amide bonds. The molecule has 116 valence electrons. The van der Waals surface area contributed by atoms with Gasteiger partial charge >= 0.3 is 0 Å². The standard InChI is InChI=1S/C16H19ClN4O/c1-11-9-13(17)3-4-14(11)19-15-10-12(2)18-16(20-15)21-5-7-22-8-6-21/h3-4,9-10H,5-8H2,1-2H3,(H,18,19,20). The number of rotatable bonds is 3. The van der Waals surface area contributed by atoms with Gasteiger partial charge in [-0.2, -0.15) is 4.98 Å². The van der Waals surface area contributed by atoms with Crippen LogP contribution in [-0.4, -0.2) is 36.3 Å². The molecule has 0 atom stereocenters. The van der Waals surface area contributed by atoms with E-state index in [1.165, 1.54) is 0 Å². The molecule has 3 rings (SSSR count). The highest BCUT2D eigenvalue weighted by molar-refractivity contribution is 6.30. The lowest BCUT2D eigenvalue weighted by Crippen LogP contribution is -2.37. The maximum Gasteiger partial charge on any atom is 0.227 e. The van der Waals surface area contributed by atoms with E-state index in [1.54, 1.807) is 0 Å². The first-order chi connectivity index (χ1) is 10.6. The molecule has 1 aliphatic heterocycles. The summed E-state index contributed by atoms with van der Waals surface area (Å²) >= 11 is 6.00. The second-order valence-electron chi connectivity index (χ2n) is 5.38. The van der Waals surface area contributed by atoms with Crippen molar-refractivity contribution in [2.24, 2.45) is 0 Å². The van der Waals surface area contributed by atoms with E-state index in [4.69, 9.17) is 16.3 Å². The zero-order valence-corrected chi connectivity index (χ0v) is 13.5. The Kier molecular flexibility index (Phi) is 4.45. The van der Waals surface area contributed by atoms with E-state index in [1.807, 2.05) is 38.1 Å². The fraction of sp³-hybridized carbons (Fsp3) is 0.375. The first-order valence-electron chi connectivity index (χ1n) is 7.33. The Morgan fingerprint density at radius 1 is 1.14 bits per heavy atom. The van der Waals surface area contributed by atoms with Crippen LogP contribution in [0.5, 0.6) is 0 Å². The number of aromatic nitrogens is 2. The quantitative estimate of drug-likeness (QED) is 0.940. The average molecular weight is 319 g/mol. The van der Waals surface area contributed by atoms with Crippen molar-refractivity contribution in [2.45, 2.75) is 13.8 Å². The summed E-state index contributed by atoms with van der Waals surface area (Å²) in [7, 11) is 0. The van der Waals surface area contributed by atoms with Crippen LogP contribution in [0.1, 0.15) is 11.3 Å². The molecule has 22 heavy (non-hydrogen) atoms. The Morgan fingerprint density at radius 3 is 2.64 bits per heavy atom. The molecule has 2 heterocycles. The Labute approximate surface area is 135 Å². The summed E-state index contributed by atoms with van der Waals surface area (Å²) in [5.41, 5.74) is 3.01. The van der Waals surface area contributed by atoms with Crippen molar-refractivity contribution in [2.75, 3.05) is 36.5 Å². The third-order valence-corrected chi connectivity index (χ3v) is 3.82. The molecular weight excluding hydrogens is 300 g/mol. The molecule has 0 unspecified atom stereocenters. The van der Waals surface area contributed by atoms with Crippen molar-refractivity contribution in [3.63, 3.8) is 0 Å². The maximum atomic E-state index is 6.00. The summed E-state index contributed by atoms with van der Waals surface area (Å²) in [6.45, 7) is 7.08. The Hall–Kier alpha value is -1.85. The molecule has 1 aromatic heterocycles. The minimum absolute atomic E-state index is 0.719. The first kappa shape index (κ1) is 15.1. The second kappa shape index (κ2) is 6.50. The van der Waals surface area contributed by atoms with Crippen LogP contribution in [0, 0.1) is 13.8 Å². The van der Waals surface area contributed by atoms with Gasteiger partial charge in [0, 0.05) is 35.6 Å². The lowest BCUT2D eigenvalue weighted by atomic mass is 10.2. The van der Waals surface area contributed by atoms with Gasteiger partial charge in [0.2, 0.25) is 5.95 Å². The van der Waals surface area contributed by atoms with Crippen LogP contribution in [0.4, 0.5) is 17.5 Å². The van der Waals surface area contributed by atoms with Gasteiger partial charge < -0.3 is 15.0 Å². The summed E-state index contributed by atoms with van der Waals surface area (Å²) in [6, 6.07) is 7.70. The number of hydrogen-bond donors (Lipinski definition) is 1. The molecule has 1 N–H and O–H groups in total. The number of morpholine rings is 1. The third-order valence-electron chi connectivity index (χ3n) is 3.59. The summed E-state index contributed by atoms with van der Waals surface area (Å²) in [4.78, 5) is 11.3. The van der Waals surface area contributed by atoms with Gasteiger partial charge in [0.1, 0.15) is 5.82 Å². The van der Waals surface area contributed by atoms with E-state index in [0.717, 1.165) is 60.0 Å². The molecule has 1 aromatic carbocycles. The van der Waals surface area contributed by atoms with E-state index < -0.39 is 0 Å². The summed E-state index contributed by atoms with van der Waals surface area (Å²) in [5.74, 6) is 1.54. The second-order valence-corrected chi connectivity index (χ2v) is 5.81. The minimum atomic E-state index is 0.719. The SMILES string of the molecule is Cc1cc(Nc2ccc(Cl)cc2C)nc(N2CCOCC2)n1.